The van der Waals surface area contributed by atoms with Crippen LogP contribution in [0.3, 0.4) is 0 Å². The third-order valence-corrected chi connectivity index (χ3v) is 3.63. The van der Waals surface area contributed by atoms with Crippen molar-refractivity contribution < 1.29 is 18.3 Å². The molecule has 3 nitrogen and oxygen atoms in total. The first-order valence-electron chi connectivity index (χ1n) is 7.28. The van der Waals surface area contributed by atoms with Crippen molar-refractivity contribution in [2.75, 3.05) is 5.32 Å². The van der Waals surface area contributed by atoms with Crippen LogP contribution in [-0.2, 0) is 4.79 Å². The minimum Gasteiger partial charge on any atom is -0.481 e. The maximum absolute atomic E-state index is 13.6. The van der Waals surface area contributed by atoms with Crippen molar-refractivity contribution in [3.05, 3.63) is 58.7 Å². The number of rotatable bonds is 4. The van der Waals surface area contributed by atoms with Gasteiger partial charge in [0, 0.05) is 6.07 Å². The van der Waals surface area contributed by atoms with Gasteiger partial charge in [-0.3, -0.25) is 4.79 Å². The van der Waals surface area contributed by atoms with Crippen molar-refractivity contribution in [2.24, 2.45) is 0 Å². The van der Waals surface area contributed by atoms with Gasteiger partial charge in [-0.1, -0.05) is 6.07 Å². The van der Waals surface area contributed by atoms with Gasteiger partial charge in [-0.25, -0.2) is 8.78 Å². The summed E-state index contributed by atoms with van der Waals surface area (Å²) in [5.41, 5.74) is 2.96. The largest absolute Gasteiger partial charge is 0.481 e. The molecule has 0 aliphatic rings. The second-order valence-electron chi connectivity index (χ2n) is 5.58. The summed E-state index contributed by atoms with van der Waals surface area (Å²) in [6.07, 6.45) is -0.820. The Labute approximate surface area is 134 Å². The summed E-state index contributed by atoms with van der Waals surface area (Å²) >= 11 is 0. The van der Waals surface area contributed by atoms with Crippen molar-refractivity contribution in [2.45, 2.75) is 33.8 Å². The van der Waals surface area contributed by atoms with Gasteiger partial charge in [0.05, 0.1) is 5.69 Å². The predicted octanol–water partition coefficient (Wildman–Crippen LogP) is 4.30. The zero-order valence-corrected chi connectivity index (χ0v) is 13.5. The highest BCUT2D eigenvalue weighted by atomic mass is 19.1. The normalized spacial score (nSPS) is 11.9. The Hall–Kier alpha value is -2.43. The van der Waals surface area contributed by atoms with E-state index in [4.69, 9.17) is 4.74 Å². The van der Waals surface area contributed by atoms with E-state index < -0.39 is 23.6 Å². The van der Waals surface area contributed by atoms with Gasteiger partial charge in [-0.15, -0.1) is 0 Å². The second kappa shape index (κ2) is 6.77. The number of amides is 1. The number of ether oxygens (including phenoxy) is 1. The van der Waals surface area contributed by atoms with Crippen LogP contribution < -0.4 is 10.1 Å². The Morgan fingerprint density at radius 2 is 1.83 bits per heavy atom. The molecule has 1 atom stereocenters. The van der Waals surface area contributed by atoms with E-state index in [1.807, 2.05) is 32.9 Å². The monoisotopic (exact) mass is 319 g/mol. The summed E-state index contributed by atoms with van der Waals surface area (Å²) in [7, 11) is 0. The Bertz CT molecular complexity index is 744. The Kier molecular flexibility index (Phi) is 4.98. The minimum atomic E-state index is -0.826. The van der Waals surface area contributed by atoms with Crippen LogP contribution in [0, 0.1) is 32.4 Å². The molecule has 0 aliphatic carbocycles. The molecule has 0 bridgehead atoms. The maximum atomic E-state index is 13.6. The number of hydrogen-bond acceptors (Lipinski definition) is 2. The molecular formula is C18H19F2NO2. The van der Waals surface area contributed by atoms with Gasteiger partial charge in [0.1, 0.15) is 17.4 Å². The molecule has 0 saturated carbocycles. The summed E-state index contributed by atoms with van der Waals surface area (Å²) in [4.78, 5) is 12.1. The third kappa shape index (κ3) is 4.06. The average Bonchev–Trinajstić information content (AvgIpc) is 2.47. The van der Waals surface area contributed by atoms with Crippen LogP contribution >= 0.6 is 0 Å². The van der Waals surface area contributed by atoms with Crippen LogP contribution in [0.5, 0.6) is 5.75 Å². The zero-order chi connectivity index (χ0) is 17.1. The number of aryl methyl sites for hydroxylation is 2. The van der Waals surface area contributed by atoms with E-state index in [1.165, 1.54) is 6.07 Å². The zero-order valence-electron chi connectivity index (χ0n) is 13.5. The van der Waals surface area contributed by atoms with Gasteiger partial charge in [0.2, 0.25) is 0 Å². The fraction of sp³-hybridized carbons (Fsp3) is 0.278. The molecule has 122 valence electrons. The number of halogens is 2. The Morgan fingerprint density at radius 1 is 1.13 bits per heavy atom. The smallest absolute Gasteiger partial charge is 0.265 e. The minimum absolute atomic E-state index is 0.0796. The standard InChI is InChI=1S/C18H19F2NO2/c1-10-7-11(2)12(3)17(8-10)23-13(4)18(22)21-16-6-5-14(19)9-15(16)20/h5-9,13H,1-4H3,(H,21,22)/t13-/m1/s1. The average molecular weight is 319 g/mol. The summed E-state index contributed by atoms with van der Waals surface area (Å²) in [5.74, 6) is -1.41. The molecule has 23 heavy (non-hydrogen) atoms. The van der Waals surface area contributed by atoms with Crippen molar-refractivity contribution in [1.82, 2.24) is 0 Å². The fourth-order valence-electron chi connectivity index (χ4n) is 2.19. The van der Waals surface area contributed by atoms with E-state index in [9.17, 15) is 13.6 Å². The number of carbonyl (C=O) groups is 1. The van der Waals surface area contributed by atoms with Gasteiger partial charge < -0.3 is 10.1 Å². The number of benzene rings is 2. The van der Waals surface area contributed by atoms with Gasteiger partial charge in [-0.05, 0) is 62.6 Å². The third-order valence-electron chi connectivity index (χ3n) is 3.63. The van der Waals surface area contributed by atoms with E-state index in [1.54, 1.807) is 6.92 Å². The molecule has 0 unspecified atom stereocenters. The highest BCUT2D eigenvalue weighted by Gasteiger charge is 2.18. The summed E-state index contributed by atoms with van der Waals surface area (Å²) in [6, 6.07) is 6.86. The second-order valence-corrected chi connectivity index (χ2v) is 5.58. The van der Waals surface area contributed by atoms with Crippen molar-refractivity contribution in [1.29, 1.82) is 0 Å². The lowest BCUT2D eigenvalue weighted by Gasteiger charge is -2.18. The molecule has 0 fully saturated rings. The lowest BCUT2D eigenvalue weighted by Crippen LogP contribution is -2.30. The molecule has 0 spiro atoms. The molecule has 0 heterocycles. The summed E-state index contributed by atoms with van der Waals surface area (Å²) in [6.45, 7) is 7.40. The first-order valence-corrected chi connectivity index (χ1v) is 7.28. The van der Waals surface area contributed by atoms with Crippen molar-refractivity contribution >= 4 is 11.6 Å². The Balaban J connectivity index is 2.11. The number of hydrogen-bond donors (Lipinski definition) is 1. The molecular weight excluding hydrogens is 300 g/mol. The number of carbonyl (C=O) groups excluding carboxylic acids is 1. The molecule has 0 aliphatic heterocycles. The molecule has 1 amide bonds. The lowest BCUT2D eigenvalue weighted by molar-refractivity contribution is -0.122. The van der Waals surface area contributed by atoms with Gasteiger partial charge in [-0.2, -0.15) is 0 Å². The molecule has 0 aromatic heterocycles. The van der Waals surface area contributed by atoms with E-state index >= 15 is 0 Å². The van der Waals surface area contributed by atoms with Gasteiger partial charge in [0.15, 0.2) is 6.10 Å². The van der Waals surface area contributed by atoms with Crippen LogP contribution in [0.2, 0.25) is 0 Å². The number of anilines is 1. The van der Waals surface area contributed by atoms with Crippen LogP contribution in [-0.4, -0.2) is 12.0 Å². The first-order chi connectivity index (χ1) is 10.8. The van der Waals surface area contributed by atoms with E-state index in [0.717, 1.165) is 28.8 Å². The van der Waals surface area contributed by atoms with Crippen LogP contribution in [0.15, 0.2) is 30.3 Å². The predicted molar refractivity (Wildman–Crippen MR) is 85.7 cm³/mol. The fourth-order valence-corrected chi connectivity index (χ4v) is 2.19. The molecule has 0 saturated heterocycles. The quantitative estimate of drug-likeness (QED) is 0.912. The first kappa shape index (κ1) is 16.9. The van der Waals surface area contributed by atoms with Crippen molar-refractivity contribution in [3.8, 4) is 5.75 Å². The van der Waals surface area contributed by atoms with Gasteiger partial charge >= 0.3 is 0 Å². The molecule has 2 aromatic carbocycles. The SMILES string of the molecule is Cc1cc(C)c(C)c(O[C@H](C)C(=O)Nc2ccc(F)cc2F)c1. The van der Waals surface area contributed by atoms with E-state index in [0.29, 0.717) is 5.75 Å². The summed E-state index contributed by atoms with van der Waals surface area (Å²) in [5, 5.41) is 2.40. The van der Waals surface area contributed by atoms with Crippen molar-refractivity contribution in [3.63, 3.8) is 0 Å². The highest BCUT2D eigenvalue weighted by molar-refractivity contribution is 5.94. The van der Waals surface area contributed by atoms with E-state index in [2.05, 4.69) is 5.32 Å². The summed E-state index contributed by atoms with van der Waals surface area (Å²) < 4.78 is 32.1. The topological polar surface area (TPSA) is 38.3 Å². The van der Waals surface area contributed by atoms with Gasteiger partial charge in [0.25, 0.3) is 5.91 Å². The van der Waals surface area contributed by atoms with Crippen LogP contribution in [0.4, 0.5) is 14.5 Å². The maximum Gasteiger partial charge on any atom is 0.265 e. The molecule has 0 radical (unpaired) electrons. The molecule has 2 aromatic rings. The molecule has 5 heteroatoms. The van der Waals surface area contributed by atoms with Crippen LogP contribution in [0.25, 0.3) is 0 Å². The Morgan fingerprint density at radius 3 is 2.48 bits per heavy atom. The lowest BCUT2D eigenvalue weighted by atomic mass is 10.1. The highest BCUT2D eigenvalue weighted by Crippen LogP contribution is 2.24. The molecule has 1 N–H and O–H groups in total. The van der Waals surface area contributed by atoms with Crippen LogP contribution in [0.1, 0.15) is 23.6 Å². The van der Waals surface area contributed by atoms with E-state index in [-0.39, 0.29) is 5.69 Å². The molecule has 2 rings (SSSR count). The number of nitrogens with one attached hydrogen (secondary N) is 1.